The second kappa shape index (κ2) is 6.24. The summed E-state index contributed by atoms with van der Waals surface area (Å²) in [5.74, 6) is 0.983. The van der Waals surface area contributed by atoms with Crippen LogP contribution in [-0.2, 0) is 11.8 Å². The number of benzene rings is 1. The third-order valence-corrected chi connectivity index (χ3v) is 3.27. The van der Waals surface area contributed by atoms with Crippen molar-refractivity contribution in [2.45, 2.75) is 59.0 Å². The lowest BCUT2D eigenvalue weighted by Gasteiger charge is -2.26. The van der Waals surface area contributed by atoms with Gasteiger partial charge in [-0.25, -0.2) is 0 Å². The Kier molecular flexibility index (Phi) is 5.21. The molecule has 1 aromatic rings. The maximum atomic E-state index is 6.04. The lowest BCUT2D eigenvalue weighted by atomic mass is 9.85. The van der Waals surface area contributed by atoms with Crippen molar-refractivity contribution < 1.29 is 4.74 Å². The predicted octanol–water partition coefficient (Wildman–Crippen LogP) is 3.66. The third kappa shape index (κ3) is 3.74. The number of hydrogen-bond acceptors (Lipinski definition) is 2. The molecule has 1 rings (SSSR count). The lowest BCUT2D eigenvalue weighted by molar-refractivity contribution is 0.201. The summed E-state index contributed by atoms with van der Waals surface area (Å²) in [6.07, 6.45) is 2.10. The molecule has 0 radical (unpaired) electrons. The Morgan fingerprint density at radius 2 is 1.89 bits per heavy atom. The normalized spacial score (nSPS) is 13.4. The van der Waals surface area contributed by atoms with E-state index in [-0.39, 0.29) is 11.5 Å². The van der Waals surface area contributed by atoms with Gasteiger partial charge in [-0.2, -0.15) is 0 Å². The number of hydrogen-bond donors (Lipinski definition) is 1. The number of rotatable bonds is 5. The first-order chi connectivity index (χ1) is 8.42. The van der Waals surface area contributed by atoms with Gasteiger partial charge in [0.05, 0.1) is 0 Å². The van der Waals surface area contributed by atoms with Crippen molar-refractivity contribution in [3.8, 4) is 5.75 Å². The molecule has 0 aromatic heterocycles. The summed E-state index contributed by atoms with van der Waals surface area (Å²) in [6, 6.07) is 6.50. The molecule has 102 valence electrons. The fraction of sp³-hybridized carbons (Fsp3) is 0.625. The first-order valence-electron chi connectivity index (χ1n) is 6.92. The van der Waals surface area contributed by atoms with Crippen molar-refractivity contribution in [2.24, 2.45) is 5.73 Å². The molecule has 1 unspecified atom stereocenters. The van der Waals surface area contributed by atoms with E-state index in [4.69, 9.17) is 10.5 Å². The van der Waals surface area contributed by atoms with Gasteiger partial charge in [0.25, 0.3) is 0 Å². The Morgan fingerprint density at radius 3 is 2.33 bits per heavy atom. The molecule has 0 saturated carbocycles. The van der Waals surface area contributed by atoms with E-state index in [1.807, 2.05) is 0 Å². The summed E-state index contributed by atoms with van der Waals surface area (Å²) in [5, 5.41) is 0. The van der Waals surface area contributed by atoms with Crippen molar-refractivity contribution >= 4 is 0 Å². The molecule has 0 amide bonds. The minimum atomic E-state index is 0.0907. The first-order valence-corrected chi connectivity index (χ1v) is 6.92. The van der Waals surface area contributed by atoms with E-state index >= 15 is 0 Å². The Morgan fingerprint density at radius 1 is 1.22 bits per heavy atom. The molecular weight excluding hydrogens is 222 g/mol. The number of nitrogens with two attached hydrogens (primary N) is 1. The van der Waals surface area contributed by atoms with Crippen LogP contribution >= 0.6 is 0 Å². The van der Waals surface area contributed by atoms with Gasteiger partial charge < -0.3 is 10.5 Å². The Balaban J connectivity index is 3.10. The fourth-order valence-electron chi connectivity index (χ4n) is 1.96. The van der Waals surface area contributed by atoms with Crippen molar-refractivity contribution in [2.75, 3.05) is 6.54 Å². The Hall–Kier alpha value is -1.02. The molecule has 1 atom stereocenters. The van der Waals surface area contributed by atoms with Gasteiger partial charge in [-0.15, -0.1) is 0 Å². The third-order valence-electron chi connectivity index (χ3n) is 3.27. The second-order valence-corrected chi connectivity index (χ2v) is 5.82. The van der Waals surface area contributed by atoms with Gasteiger partial charge in [-0.3, -0.25) is 0 Å². The zero-order valence-electron chi connectivity index (χ0n) is 12.4. The van der Waals surface area contributed by atoms with E-state index in [0.29, 0.717) is 6.54 Å². The SMILES string of the molecule is CCc1ccc(OC(CC)CN)c(C(C)(C)C)c1. The molecule has 2 heteroatoms. The average Bonchev–Trinajstić information content (AvgIpc) is 2.34. The van der Waals surface area contributed by atoms with Gasteiger partial charge in [0, 0.05) is 6.54 Å². The predicted molar refractivity (Wildman–Crippen MR) is 78.3 cm³/mol. The monoisotopic (exact) mass is 249 g/mol. The summed E-state index contributed by atoms with van der Waals surface area (Å²) in [7, 11) is 0. The minimum Gasteiger partial charge on any atom is -0.489 e. The van der Waals surface area contributed by atoms with Crippen molar-refractivity contribution in [3.05, 3.63) is 29.3 Å². The maximum Gasteiger partial charge on any atom is 0.123 e. The lowest BCUT2D eigenvalue weighted by Crippen LogP contribution is -2.27. The zero-order valence-corrected chi connectivity index (χ0v) is 12.4. The van der Waals surface area contributed by atoms with Crippen molar-refractivity contribution in [1.82, 2.24) is 0 Å². The summed E-state index contributed by atoms with van der Waals surface area (Å²) < 4.78 is 6.04. The van der Waals surface area contributed by atoms with E-state index in [1.54, 1.807) is 0 Å². The van der Waals surface area contributed by atoms with Gasteiger partial charge in [0.2, 0.25) is 0 Å². The Bertz CT molecular complexity index is 375. The summed E-state index contributed by atoms with van der Waals surface area (Å²) in [5.41, 5.74) is 8.44. The number of aryl methyl sites for hydroxylation is 1. The smallest absolute Gasteiger partial charge is 0.123 e. The molecule has 2 nitrogen and oxygen atoms in total. The van der Waals surface area contributed by atoms with E-state index in [0.717, 1.165) is 18.6 Å². The van der Waals surface area contributed by atoms with Crippen molar-refractivity contribution in [3.63, 3.8) is 0 Å². The molecular formula is C16H27NO. The fourth-order valence-corrected chi connectivity index (χ4v) is 1.96. The second-order valence-electron chi connectivity index (χ2n) is 5.82. The van der Waals surface area contributed by atoms with Crippen molar-refractivity contribution in [1.29, 1.82) is 0 Å². The summed E-state index contributed by atoms with van der Waals surface area (Å²) in [6.45, 7) is 11.5. The molecule has 0 heterocycles. The van der Waals surface area contributed by atoms with Crippen LogP contribution in [0.1, 0.15) is 52.2 Å². The van der Waals surface area contributed by atoms with E-state index in [9.17, 15) is 0 Å². The van der Waals surface area contributed by atoms with Crippen LogP contribution in [0.15, 0.2) is 18.2 Å². The molecule has 0 aliphatic carbocycles. The maximum absolute atomic E-state index is 6.04. The van der Waals surface area contributed by atoms with Gasteiger partial charge in [0.15, 0.2) is 0 Å². The van der Waals surface area contributed by atoms with Crippen LogP contribution in [0.2, 0.25) is 0 Å². The van der Waals surface area contributed by atoms with E-state index in [2.05, 4.69) is 52.8 Å². The zero-order chi connectivity index (χ0) is 13.8. The van der Waals surface area contributed by atoms with Gasteiger partial charge >= 0.3 is 0 Å². The van der Waals surface area contributed by atoms with Crippen LogP contribution in [-0.4, -0.2) is 12.6 Å². The first kappa shape index (κ1) is 15.0. The molecule has 0 bridgehead atoms. The molecule has 18 heavy (non-hydrogen) atoms. The van der Waals surface area contributed by atoms with Gasteiger partial charge in [0.1, 0.15) is 11.9 Å². The number of ether oxygens (including phenoxy) is 1. The Labute approximate surface area is 112 Å². The standard InChI is InChI=1S/C16H27NO/c1-6-12-8-9-15(18-13(7-2)11-17)14(10-12)16(3,4)5/h8-10,13H,6-7,11,17H2,1-5H3. The van der Waals surface area contributed by atoms with E-state index < -0.39 is 0 Å². The summed E-state index contributed by atoms with van der Waals surface area (Å²) in [4.78, 5) is 0. The van der Waals surface area contributed by atoms with Crippen LogP contribution in [0.3, 0.4) is 0 Å². The molecule has 0 fully saturated rings. The molecule has 1 aromatic carbocycles. The molecule has 0 saturated heterocycles. The van der Waals surface area contributed by atoms with Gasteiger partial charge in [-0.1, -0.05) is 46.8 Å². The molecule has 0 aliphatic heterocycles. The molecule has 0 spiro atoms. The highest BCUT2D eigenvalue weighted by Crippen LogP contribution is 2.33. The van der Waals surface area contributed by atoms with Crippen LogP contribution in [0, 0.1) is 0 Å². The van der Waals surface area contributed by atoms with Crippen LogP contribution in [0.25, 0.3) is 0 Å². The topological polar surface area (TPSA) is 35.2 Å². The average molecular weight is 249 g/mol. The molecule has 2 N–H and O–H groups in total. The highest BCUT2D eigenvalue weighted by atomic mass is 16.5. The molecule has 0 aliphatic rings. The minimum absolute atomic E-state index is 0.0907. The van der Waals surface area contributed by atoms with Crippen LogP contribution < -0.4 is 10.5 Å². The summed E-state index contributed by atoms with van der Waals surface area (Å²) >= 11 is 0. The van der Waals surface area contributed by atoms with Gasteiger partial charge in [-0.05, 0) is 35.4 Å². The quantitative estimate of drug-likeness (QED) is 0.864. The highest BCUT2D eigenvalue weighted by Gasteiger charge is 2.20. The highest BCUT2D eigenvalue weighted by molar-refractivity contribution is 5.41. The van der Waals surface area contributed by atoms with E-state index in [1.165, 1.54) is 11.1 Å². The largest absolute Gasteiger partial charge is 0.489 e. The van der Waals surface area contributed by atoms with Crippen LogP contribution in [0.4, 0.5) is 0 Å². The van der Waals surface area contributed by atoms with Crippen LogP contribution in [0.5, 0.6) is 5.75 Å².